The summed E-state index contributed by atoms with van der Waals surface area (Å²) in [5.74, 6) is -1.57. The van der Waals surface area contributed by atoms with Crippen molar-refractivity contribution in [3.05, 3.63) is 29.8 Å². The summed E-state index contributed by atoms with van der Waals surface area (Å²) in [7, 11) is 0. The molecular weight excluding hydrogens is 378 g/mol. The van der Waals surface area contributed by atoms with Crippen LogP contribution >= 0.6 is 0 Å². The van der Waals surface area contributed by atoms with Crippen LogP contribution in [0.5, 0.6) is 0 Å². The Kier molecular flexibility index (Phi) is 5.95. The predicted octanol–water partition coefficient (Wildman–Crippen LogP) is 1.63. The van der Waals surface area contributed by atoms with E-state index in [-0.39, 0.29) is 24.8 Å². The van der Waals surface area contributed by atoms with Crippen molar-refractivity contribution in [3.63, 3.8) is 0 Å². The van der Waals surface area contributed by atoms with Crippen molar-refractivity contribution in [1.82, 2.24) is 10.2 Å². The van der Waals surface area contributed by atoms with Crippen LogP contribution in [-0.4, -0.2) is 53.2 Å². The number of Topliss-reactive ketones (excluding diaryl/α,β-unsaturated/α-hetero) is 1. The Balaban J connectivity index is 1.45. The third kappa shape index (κ3) is 4.61. The third-order valence-corrected chi connectivity index (χ3v) is 5.13. The van der Waals surface area contributed by atoms with E-state index in [9.17, 15) is 24.0 Å². The van der Waals surface area contributed by atoms with Gasteiger partial charge in [0.05, 0.1) is 6.42 Å². The molecule has 2 fully saturated rings. The van der Waals surface area contributed by atoms with E-state index in [0.717, 1.165) is 17.7 Å². The zero-order valence-corrected chi connectivity index (χ0v) is 16.2. The standard InChI is InChI=1S/C20H23N3O6/c1-13(24)21-15-6-4-14(5-7-15)16(25)12-29-17(26)8-11-23-18(27)20(22-19(23)28)9-2-3-10-20/h4-7H,2-3,8-12H2,1H3,(H,21,24)(H,22,28). The summed E-state index contributed by atoms with van der Waals surface area (Å²) in [5, 5.41) is 5.34. The number of nitrogens with one attached hydrogen (secondary N) is 2. The van der Waals surface area contributed by atoms with Gasteiger partial charge in [0, 0.05) is 24.7 Å². The van der Waals surface area contributed by atoms with E-state index in [1.807, 2.05) is 0 Å². The van der Waals surface area contributed by atoms with Crippen LogP contribution < -0.4 is 10.6 Å². The molecule has 29 heavy (non-hydrogen) atoms. The Labute approximate surface area is 167 Å². The summed E-state index contributed by atoms with van der Waals surface area (Å²) < 4.78 is 4.97. The quantitative estimate of drug-likeness (QED) is 0.407. The van der Waals surface area contributed by atoms with E-state index in [0.29, 0.717) is 24.1 Å². The maximum atomic E-state index is 12.5. The van der Waals surface area contributed by atoms with E-state index in [2.05, 4.69) is 10.6 Å². The van der Waals surface area contributed by atoms with Crippen molar-refractivity contribution in [2.24, 2.45) is 0 Å². The normalized spacial score (nSPS) is 17.3. The lowest BCUT2D eigenvalue weighted by Crippen LogP contribution is -2.44. The Hall–Kier alpha value is -3.23. The van der Waals surface area contributed by atoms with E-state index in [4.69, 9.17) is 4.74 Å². The van der Waals surface area contributed by atoms with Crippen molar-refractivity contribution in [1.29, 1.82) is 0 Å². The van der Waals surface area contributed by atoms with Crippen molar-refractivity contribution in [3.8, 4) is 0 Å². The van der Waals surface area contributed by atoms with Gasteiger partial charge in [0.15, 0.2) is 12.4 Å². The average Bonchev–Trinajstić information content (AvgIpc) is 3.24. The molecule has 3 rings (SSSR count). The molecule has 2 aliphatic rings. The number of carbonyl (C=O) groups excluding carboxylic acids is 5. The molecule has 154 valence electrons. The second kappa shape index (κ2) is 8.42. The average molecular weight is 401 g/mol. The number of imide groups is 1. The highest BCUT2D eigenvalue weighted by atomic mass is 16.5. The molecule has 9 nitrogen and oxygen atoms in total. The van der Waals surface area contributed by atoms with Gasteiger partial charge in [-0.25, -0.2) is 4.79 Å². The SMILES string of the molecule is CC(=O)Nc1ccc(C(=O)COC(=O)CCN2C(=O)NC3(CCCC3)C2=O)cc1. The summed E-state index contributed by atoms with van der Waals surface area (Å²) in [6.45, 7) is 0.860. The lowest BCUT2D eigenvalue weighted by Gasteiger charge is -2.19. The monoisotopic (exact) mass is 401 g/mol. The van der Waals surface area contributed by atoms with Gasteiger partial charge in [0.2, 0.25) is 5.91 Å². The highest BCUT2D eigenvalue weighted by molar-refractivity contribution is 6.07. The number of carbonyl (C=O) groups is 5. The zero-order chi connectivity index (χ0) is 21.0. The number of urea groups is 1. The molecule has 2 N–H and O–H groups in total. The first-order valence-corrected chi connectivity index (χ1v) is 9.51. The molecule has 1 aromatic rings. The van der Waals surface area contributed by atoms with Crippen LogP contribution in [0.1, 0.15) is 49.4 Å². The predicted molar refractivity (Wildman–Crippen MR) is 102 cm³/mol. The van der Waals surface area contributed by atoms with Crippen LogP contribution in [0.4, 0.5) is 10.5 Å². The molecule has 1 aliphatic carbocycles. The molecule has 0 atom stereocenters. The minimum absolute atomic E-state index is 0.0785. The molecule has 1 spiro atoms. The number of rotatable bonds is 7. The van der Waals surface area contributed by atoms with Crippen molar-refractivity contribution < 1.29 is 28.7 Å². The number of benzene rings is 1. The summed E-state index contributed by atoms with van der Waals surface area (Å²) >= 11 is 0. The molecule has 1 saturated carbocycles. The number of hydrogen-bond donors (Lipinski definition) is 2. The molecular formula is C20H23N3O6. The topological polar surface area (TPSA) is 122 Å². The number of nitrogens with zero attached hydrogens (tertiary/aromatic N) is 1. The minimum Gasteiger partial charge on any atom is -0.457 e. The van der Waals surface area contributed by atoms with Gasteiger partial charge < -0.3 is 15.4 Å². The van der Waals surface area contributed by atoms with Gasteiger partial charge >= 0.3 is 12.0 Å². The van der Waals surface area contributed by atoms with Gasteiger partial charge in [0.1, 0.15) is 5.54 Å². The number of amides is 4. The first-order valence-electron chi connectivity index (χ1n) is 9.51. The number of ketones is 1. The first kappa shape index (κ1) is 20.5. The number of anilines is 1. The van der Waals surface area contributed by atoms with Crippen LogP contribution in [0.25, 0.3) is 0 Å². The highest BCUT2D eigenvalue weighted by Crippen LogP contribution is 2.35. The Morgan fingerprint density at radius 3 is 2.41 bits per heavy atom. The van der Waals surface area contributed by atoms with Crippen molar-refractivity contribution in [2.45, 2.75) is 44.6 Å². The zero-order valence-electron chi connectivity index (χ0n) is 16.2. The minimum atomic E-state index is -0.805. The highest BCUT2D eigenvalue weighted by Gasteiger charge is 2.52. The van der Waals surface area contributed by atoms with Gasteiger partial charge in [-0.15, -0.1) is 0 Å². The van der Waals surface area contributed by atoms with Gasteiger partial charge in [0.25, 0.3) is 5.91 Å². The van der Waals surface area contributed by atoms with Crippen LogP contribution in [0.2, 0.25) is 0 Å². The maximum Gasteiger partial charge on any atom is 0.325 e. The first-order chi connectivity index (χ1) is 13.8. The lowest BCUT2D eigenvalue weighted by atomic mass is 9.98. The smallest absolute Gasteiger partial charge is 0.325 e. The molecule has 1 aromatic carbocycles. The summed E-state index contributed by atoms with van der Waals surface area (Å²) in [4.78, 5) is 60.7. The Morgan fingerprint density at radius 1 is 1.14 bits per heavy atom. The van der Waals surface area contributed by atoms with E-state index >= 15 is 0 Å². The van der Waals surface area contributed by atoms with E-state index < -0.39 is 29.9 Å². The summed E-state index contributed by atoms with van der Waals surface area (Å²) in [6, 6.07) is 5.71. The van der Waals surface area contributed by atoms with Crippen molar-refractivity contribution >= 4 is 35.3 Å². The second-order valence-electron chi connectivity index (χ2n) is 7.27. The molecule has 9 heteroatoms. The van der Waals surface area contributed by atoms with Gasteiger partial charge in [-0.2, -0.15) is 0 Å². The van der Waals surface area contributed by atoms with Crippen molar-refractivity contribution in [2.75, 3.05) is 18.5 Å². The molecule has 0 bridgehead atoms. The summed E-state index contributed by atoms with van der Waals surface area (Å²) in [6.07, 6.45) is 2.83. The molecule has 0 radical (unpaired) electrons. The fourth-order valence-electron chi connectivity index (χ4n) is 3.64. The third-order valence-electron chi connectivity index (χ3n) is 5.13. The summed E-state index contributed by atoms with van der Waals surface area (Å²) in [5.41, 5.74) is 0.0872. The van der Waals surface area contributed by atoms with Crippen LogP contribution in [-0.2, 0) is 19.1 Å². The van der Waals surface area contributed by atoms with Crippen LogP contribution in [0, 0.1) is 0 Å². The Morgan fingerprint density at radius 2 is 1.79 bits per heavy atom. The van der Waals surface area contributed by atoms with Crippen LogP contribution in [0.15, 0.2) is 24.3 Å². The van der Waals surface area contributed by atoms with Gasteiger partial charge in [-0.3, -0.25) is 24.1 Å². The molecule has 4 amide bonds. The van der Waals surface area contributed by atoms with E-state index in [1.165, 1.54) is 19.1 Å². The van der Waals surface area contributed by atoms with Gasteiger partial charge in [-0.1, -0.05) is 12.8 Å². The molecule has 0 aromatic heterocycles. The lowest BCUT2D eigenvalue weighted by molar-refractivity contribution is -0.143. The number of esters is 1. The second-order valence-corrected chi connectivity index (χ2v) is 7.27. The van der Waals surface area contributed by atoms with Gasteiger partial charge in [-0.05, 0) is 37.1 Å². The molecule has 0 unspecified atom stereocenters. The number of hydrogen-bond acceptors (Lipinski definition) is 6. The fourth-order valence-corrected chi connectivity index (χ4v) is 3.64. The largest absolute Gasteiger partial charge is 0.457 e. The number of ether oxygens (including phenoxy) is 1. The molecule has 1 saturated heterocycles. The molecule has 1 heterocycles. The van der Waals surface area contributed by atoms with E-state index in [1.54, 1.807) is 12.1 Å². The maximum absolute atomic E-state index is 12.5. The molecule has 1 aliphatic heterocycles. The van der Waals surface area contributed by atoms with Crippen LogP contribution in [0.3, 0.4) is 0 Å². The Bertz CT molecular complexity index is 842. The fraction of sp³-hybridized carbons (Fsp3) is 0.450.